The Bertz CT molecular complexity index is 3120. The lowest BCUT2D eigenvalue weighted by Crippen LogP contribution is -1.98. The summed E-state index contributed by atoms with van der Waals surface area (Å²) in [6.07, 6.45) is 0. The molecule has 0 bridgehead atoms. The summed E-state index contributed by atoms with van der Waals surface area (Å²) in [7, 11) is 0. The summed E-state index contributed by atoms with van der Waals surface area (Å²) in [5, 5.41) is 0. The number of hydrogen-bond donors (Lipinski definition) is 0. The van der Waals surface area contributed by atoms with Crippen molar-refractivity contribution in [3.8, 4) is 73.0 Å². The molecule has 0 atom stereocenters. The van der Waals surface area contributed by atoms with E-state index in [1.54, 1.807) is 0 Å². The van der Waals surface area contributed by atoms with Crippen LogP contribution in [0.2, 0.25) is 0 Å². The van der Waals surface area contributed by atoms with E-state index in [1.165, 1.54) is 33.4 Å². The largest absolute Gasteiger partial charge is 0.292 e. The summed E-state index contributed by atoms with van der Waals surface area (Å²) in [6.45, 7) is 8.66. The van der Waals surface area contributed by atoms with Crippen molar-refractivity contribution in [3.05, 3.63) is 204 Å². The lowest BCUT2D eigenvalue weighted by atomic mass is 9.90. The first-order chi connectivity index (χ1) is 28.8. The third kappa shape index (κ3) is 6.89. The molecule has 59 heavy (non-hydrogen) atoms. The summed E-state index contributed by atoms with van der Waals surface area (Å²) in [5.41, 5.74) is 21.6. The Balaban J connectivity index is 1.07. The summed E-state index contributed by atoms with van der Waals surface area (Å²) in [5.74, 6) is 0.921. The first-order valence-electron chi connectivity index (χ1n) is 20.2. The third-order valence-electron chi connectivity index (χ3n) is 11.1. The maximum atomic E-state index is 5.45. The smallest absolute Gasteiger partial charge is 0.145 e. The molecular formula is C55H42N4. The molecule has 4 nitrogen and oxygen atoms in total. The van der Waals surface area contributed by atoms with Crippen molar-refractivity contribution in [2.24, 2.45) is 0 Å². The number of nitrogens with zero attached hydrogens (tertiary/aromatic N) is 4. The Morgan fingerprint density at radius 3 is 1.27 bits per heavy atom. The minimum Gasteiger partial charge on any atom is -0.292 e. The predicted octanol–water partition coefficient (Wildman–Crippen LogP) is 14.2. The van der Waals surface area contributed by atoms with E-state index >= 15 is 0 Å². The minimum atomic E-state index is 0.857. The highest BCUT2D eigenvalue weighted by Crippen LogP contribution is 2.40. The highest BCUT2D eigenvalue weighted by Gasteiger charge is 2.19. The summed E-state index contributed by atoms with van der Waals surface area (Å²) in [6, 6.07) is 64.7. The summed E-state index contributed by atoms with van der Waals surface area (Å²) in [4.78, 5) is 15.9. The molecule has 2 aromatic heterocycles. The van der Waals surface area contributed by atoms with Crippen molar-refractivity contribution in [1.82, 2.24) is 19.5 Å². The molecule has 0 fully saturated rings. The van der Waals surface area contributed by atoms with E-state index < -0.39 is 0 Å². The molecule has 8 aromatic carbocycles. The number of fused-ring (bicyclic) bond motifs is 2. The molecule has 10 rings (SSSR count). The SMILES string of the molecule is Cc1cc(C)cc(-c2cc3nc(-c4ccccc4)c(-c4ccc(-c5ccc(-c6nc7ccccc7n6-c6ccccc6)cc5)cc4)nc3cc2-c2cc(C)cc(C)c2)c1. The van der Waals surface area contributed by atoms with Crippen LogP contribution >= 0.6 is 0 Å². The van der Waals surface area contributed by atoms with Crippen molar-refractivity contribution >= 4 is 22.1 Å². The number of aromatic nitrogens is 4. The standard InChI is InChI=1S/C55H42N4/c1-35-27-36(2)30-44(29-35)47-33-50-51(34-48(47)45-31-37(3)28-38(4)32-45)57-54(53(56-50)41-13-7-5-8-14-41)42-23-19-39(20-24-42)40-21-25-43(26-22-40)55-58-49-17-11-12-18-52(49)59(55)46-15-9-6-10-16-46/h5-34H,1-4H3. The van der Waals surface area contributed by atoms with Gasteiger partial charge in [-0.25, -0.2) is 15.0 Å². The Morgan fingerprint density at radius 2 is 0.746 bits per heavy atom. The molecule has 0 saturated carbocycles. The fourth-order valence-corrected chi connectivity index (χ4v) is 8.53. The maximum absolute atomic E-state index is 5.45. The molecule has 0 radical (unpaired) electrons. The average molecular weight is 759 g/mol. The van der Waals surface area contributed by atoms with Crippen LogP contribution in [0, 0.1) is 27.7 Å². The fraction of sp³-hybridized carbons (Fsp3) is 0.0727. The highest BCUT2D eigenvalue weighted by molar-refractivity contribution is 5.96. The quantitative estimate of drug-likeness (QED) is 0.163. The van der Waals surface area contributed by atoms with E-state index in [4.69, 9.17) is 15.0 Å². The van der Waals surface area contributed by atoms with Gasteiger partial charge in [0.2, 0.25) is 0 Å². The zero-order valence-electron chi connectivity index (χ0n) is 33.6. The number of hydrogen-bond acceptors (Lipinski definition) is 3. The molecule has 10 aromatic rings. The van der Waals surface area contributed by atoms with Gasteiger partial charge in [0.05, 0.1) is 33.5 Å². The van der Waals surface area contributed by atoms with Gasteiger partial charge in [-0.15, -0.1) is 0 Å². The molecule has 0 unspecified atom stereocenters. The van der Waals surface area contributed by atoms with E-state index in [0.29, 0.717) is 0 Å². The average Bonchev–Trinajstić information content (AvgIpc) is 3.65. The molecule has 0 aliphatic heterocycles. The number of benzene rings is 8. The molecule has 4 heteroatoms. The molecule has 0 saturated heterocycles. The zero-order chi connectivity index (χ0) is 40.0. The van der Waals surface area contributed by atoms with Crippen LogP contribution in [0.4, 0.5) is 0 Å². The van der Waals surface area contributed by atoms with Gasteiger partial charge in [-0.1, -0.05) is 168 Å². The number of aryl methyl sites for hydroxylation is 4. The normalized spacial score (nSPS) is 11.4. The van der Waals surface area contributed by atoms with Crippen LogP contribution < -0.4 is 0 Å². The van der Waals surface area contributed by atoms with Crippen LogP contribution in [0.15, 0.2) is 182 Å². The maximum Gasteiger partial charge on any atom is 0.145 e. The number of rotatable bonds is 7. The van der Waals surface area contributed by atoms with Crippen LogP contribution in [0.5, 0.6) is 0 Å². The van der Waals surface area contributed by atoms with Gasteiger partial charge in [-0.3, -0.25) is 4.57 Å². The molecule has 282 valence electrons. The van der Waals surface area contributed by atoms with Crippen molar-refractivity contribution in [3.63, 3.8) is 0 Å². The second kappa shape index (κ2) is 14.8. The predicted molar refractivity (Wildman–Crippen MR) is 246 cm³/mol. The Kier molecular flexibility index (Phi) is 9.03. The Labute approximate surface area is 345 Å². The molecule has 2 heterocycles. The summed E-state index contributed by atoms with van der Waals surface area (Å²) >= 11 is 0. The minimum absolute atomic E-state index is 0.857. The molecule has 0 aliphatic rings. The van der Waals surface area contributed by atoms with Crippen LogP contribution in [0.25, 0.3) is 95.0 Å². The van der Waals surface area contributed by atoms with Gasteiger partial charge < -0.3 is 0 Å². The van der Waals surface area contributed by atoms with Gasteiger partial charge in [-0.05, 0) is 97.5 Å². The topological polar surface area (TPSA) is 43.6 Å². The first-order valence-corrected chi connectivity index (χ1v) is 20.2. The fourth-order valence-electron chi connectivity index (χ4n) is 8.53. The second-order valence-electron chi connectivity index (χ2n) is 15.7. The van der Waals surface area contributed by atoms with E-state index in [9.17, 15) is 0 Å². The van der Waals surface area contributed by atoms with E-state index in [2.05, 4.69) is 196 Å². The third-order valence-corrected chi connectivity index (χ3v) is 11.1. The van der Waals surface area contributed by atoms with Gasteiger partial charge in [0.1, 0.15) is 5.82 Å². The van der Waals surface area contributed by atoms with Crippen molar-refractivity contribution in [1.29, 1.82) is 0 Å². The van der Waals surface area contributed by atoms with Crippen molar-refractivity contribution in [2.45, 2.75) is 27.7 Å². The van der Waals surface area contributed by atoms with Crippen molar-refractivity contribution < 1.29 is 0 Å². The highest BCUT2D eigenvalue weighted by atomic mass is 15.1. The van der Waals surface area contributed by atoms with Gasteiger partial charge in [-0.2, -0.15) is 0 Å². The lowest BCUT2D eigenvalue weighted by molar-refractivity contribution is 1.10. The van der Waals surface area contributed by atoms with Gasteiger partial charge in [0, 0.05) is 22.4 Å². The molecule has 0 aliphatic carbocycles. The van der Waals surface area contributed by atoms with E-state index in [1.807, 2.05) is 18.2 Å². The van der Waals surface area contributed by atoms with E-state index in [-0.39, 0.29) is 0 Å². The van der Waals surface area contributed by atoms with Crippen LogP contribution in [-0.4, -0.2) is 19.5 Å². The molecule has 0 N–H and O–H groups in total. The monoisotopic (exact) mass is 758 g/mol. The van der Waals surface area contributed by atoms with Gasteiger partial charge >= 0.3 is 0 Å². The Morgan fingerprint density at radius 1 is 0.322 bits per heavy atom. The van der Waals surface area contributed by atoms with Gasteiger partial charge in [0.15, 0.2) is 0 Å². The Hall–Kier alpha value is -7.43. The van der Waals surface area contributed by atoms with Crippen molar-refractivity contribution in [2.75, 3.05) is 0 Å². The number of imidazole rings is 1. The van der Waals surface area contributed by atoms with E-state index in [0.717, 1.165) is 83.9 Å². The van der Waals surface area contributed by atoms with Crippen LogP contribution in [0.1, 0.15) is 22.3 Å². The van der Waals surface area contributed by atoms with Crippen LogP contribution in [-0.2, 0) is 0 Å². The number of para-hydroxylation sites is 3. The second-order valence-corrected chi connectivity index (χ2v) is 15.7. The lowest BCUT2D eigenvalue weighted by Gasteiger charge is -2.17. The summed E-state index contributed by atoms with van der Waals surface area (Å²) < 4.78 is 2.24. The molecular weight excluding hydrogens is 717 g/mol. The molecule has 0 amide bonds. The zero-order valence-corrected chi connectivity index (χ0v) is 33.6. The van der Waals surface area contributed by atoms with Crippen LogP contribution in [0.3, 0.4) is 0 Å². The first kappa shape index (κ1) is 35.9. The van der Waals surface area contributed by atoms with Gasteiger partial charge in [0.25, 0.3) is 0 Å². The molecule has 0 spiro atoms.